The van der Waals surface area contributed by atoms with E-state index in [2.05, 4.69) is 4.98 Å². The topological polar surface area (TPSA) is 96.8 Å². The molecule has 34 heavy (non-hydrogen) atoms. The van der Waals surface area contributed by atoms with Crippen LogP contribution in [-0.2, 0) is 14.3 Å². The molecule has 0 saturated carbocycles. The third kappa shape index (κ3) is 4.32. The second kappa shape index (κ2) is 9.58. The molecule has 4 rings (SSSR count). The number of hydrogen-bond acceptors (Lipinski definition) is 7. The maximum absolute atomic E-state index is 13.2. The van der Waals surface area contributed by atoms with Crippen LogP contribution >= 0.6 is 34.5 Å². The number of ketones is 1. The van der Waals surface area contributed by atoms with E-state index in [1.165, 1.54) is 4.90 Å². The van der Waals surface area contributed by atoms with Crippen LogP contribution in [0.15, 0.2) is 54.1 Å². The van der Waals surface area contributed by atoms with E-state index in [1.807, 2.05) is 0 Å². The lowest BCUT2D eigenvalue weighted by Crippen LogP contribution is -2.29. The highest BCUT2D eigenvalue weighted by molar-refractivity contribution is 7.17. The minimum Gasteiger partial charge on any atom is -0.507 e. The summed E-state index contributed by atoms with van der Waals surface area (Å²) in [6.45, 7) is 3.48. The molecule has 1 unspecified atom stereocenters. The Morgan fingerprint density at radius 2 is 1.85 bits per heavy atom. The molecule has 2 aromatic carbocycles. The van der Waals surface area contributed by atoms with Crippen molar-refractivity contribution in [1.82, 2.24) is 4.98 Å². The second-order valence-electron chi connectivity index (χ2n) is 7.36. The number of aryl methyl sites for hydroxylation is 1. The van der Waals surface area contributed by atoms with E-state index in [1.54, 1.807) is 62.4 Å². The van der Waals surface area contributed by atoms with Gasteiger partial charge >= 0.3 is 11.9 Å². The number of hydrogen-bond donors (Lipinski definition) is 1. The Kier molecular flexibility index (Phi) is 6.74. The number of carbonyl (C=O) groups excluding carboxylic acids is 3. The molecule has 2 heterocycles. The first-order chi connectivity index (χ1) is 16.2. The minimum absolute atomic E-state index is 0.125. The zero-order valence-corrected chi connectivity index (χ0v) is 20.4. The number of aliphatic hydroxyl groups is 1. The average molecular weight is 517 g/mol. The molecule has 7 nitrogen and oxygen atoms in total. The van der Waals surface area contributed by atoms with Crippen LogP contribution in [0.1, 0.15) is 39.5 Å². The van der Waals surface area contributed by atoms with Crippen molar-refractivity contribution in [3.8, 4) is 0 Å². The third-order valence-corrected chi connectivity index (χ3v) is 6.80. The van der Waals surface area contributed by atoms with E-state index >= 15 is 0 Å². The number of aliphatic hydroxyl groups excluding tert-OH is 1. The molecule has 1 aromatic heterocycles. The van der Waals surface area contributed by atoms with Crippen molar-refractivity contribution in [2.45, 2.75) is 19.9 Å². The predicted molar refractivity (Wildman–Crippen MR) is 130 cm³/mol. The van der Waals surface area contributed by atoms with Gasteiger partial charge in [-0.15, -0.1) is 0 Å². The Labute approximate surface area is 209 Å². The van der Waals surface area contributed by atoms with Gasteiger partial charge < -0.3 is 9.84 Å². The van der Waals surface area contributed by atoms with Crippen LogP contribution in [0.4, 0.5) is 5.13 Å². The molecule has 174 valence electrons. The van der Waals surface area contributed by atoms with Gasteiger partial charge in [-0.3, -0.25) is 14.5 Å². The first-order valence-corrected chi connectivity index (χ1v) is 11.8. The molecule has 1 N–H and O–H groups in total. The SMILES string of the molecule is CCOC(=O)c1sc(N2C(=O)C(=O)/C(=C(/O)c3ccc(Cl)cc3)C2c2cccc(Cl)c2)nc1C. The van der Waals surface area contributed by atoms with E-state index in [0.29, 0.717) is 26.9 Å². The largest absolute Gasteiger partial charge is 0.507 e. The molecule has 1 aliphatic heterocycles. The summed E-state index contributed by atoms with van der Waals surface area (Å²) in [4.78, 5) is 44.5. The van der Waals surface area contributed by atoms with Crippen LogP contribution in [-0.4, -0.2) is 34.4 Å². The molecule has 3 aromatic rings. The van der Waals surface area contributed by atoms with Crippen molar-refractivity contribution in [3.05, 3.63) is 85.8 Å². The van der Waals surface area contributed by atoms with E-state index < -0.39 is 23.7 Å². The van der Waals surface area contributed by atoms with E-state index in [9.17, 15) is 19.5 Å². The van der Waals surface area contributed by atoms with Gasteiger partial charge in [0.15, 0.2) is 5.13 Å². The normalized spacial score (nSPS) is 17.3. The summed E-state index contributed by atoms with van der Waals surface area (Å²) in [5.41, 5.74) is 1.05. The van der Waals surface area contributed by atoms with Gasteiger partial charge in [-0.1, -0.05) is 46.7 Å². The molecule has 1 atom stereocenters. The Morgan fingerprint density at radius 3 is 2.50 bits per heavy atom. The quantitative estimate of drug-likeness (QED) is 0.206. The van der Waals surface area contributed by atoms with Crippen LogP contribution < -0.4 is 4.90 Å². The fraction of sp³-hybridized carbons (Fsp3) is 0.167. The summed E-state index contributed by atoms with van der Waals surface area (Å²) < 4.78 is 5.07. The van der Waals surface area contributed by atoms with Gasteiger partial charge in [0.05, 0.1) is 23.9 Å². The number of nitrogens with zero attached hydrogens (tertiary/aromatic N) is 2. The number of Topliss-reactive ketones (excluding diaryl/α,β-unsaturated/α-hetero) is 1. The van der Waals surface area contributed by atoms with Crippen molar-refractivity contribution < 1.29 is 24.2 Å². The molecule has 0 spiro atoms. The van der Waals surface area contributed by atoms with Gasteiger partial charge in [-0.05, 0) is 55.8 Å². The number of aromatic nitrogens is 1. The lowest BCUT2D eigenvalue weighted by atomic mass is 9.95. The highest BCUT2D eigenvalue weighted by Gasteiger charge is 2.48. The molecular weight excluding hydrogens is 499 g/mol. The third-order valence-electron chi connectivity index (χ3n) is 5.18. The molecule has 1 aliphatic rings. The molecule has 10 heteroatoms. The average Bonchev–Trinajstić information content (AvgIpc) is 3.31. The van der Waals surface area contributed by atoms with E-state index in [4.69, 9.17) is 27.9 Å². The highest BCUT2D eigenvalue weighted by atomic mass is 35.5. The van der Waals surface area contributed by atoms with E-state index in [-0.39, 0.29) is 27.9 Å². The minimum atomic E-state index is -1.02. The molecule has 1 fully saturated rings. The van der Waals surface area contributed by atoms with Crippen molar-refractivity contribution >= 4 is 63.1 Å². The van der Waals surface area contributed by atoms with Gasteiger partial charge in [-0.2, -0.15) is 0 Å². The Balaban J connectivity index is 1.91. The first kappa shape index (κ1) is 23.9. The summed E-state index contributed by atoms with van der Waals surface area (Å²) in [6.07, 6.45) is 0. The number of halogens is 2. The summed E-state index contributed by atoms with van der Waals surface area (Å²) in [5.74, 6) is -2.70. The van der Waals surface area contributed by atoms with Crippen LogP contribution in [0.5, 0.6) is 0 Å². The number of rotatable bonds is 5. The number of anilines is 1. The Hall–Kier alpha value is -3.20. The number of amides is 1. The first-order valence-electron chi connectivity index (χ1n) is 10.2. The summed E-state index contributed by atoms with van der Waals surface area (Å²) in [5, 5.41) is 12.1. The standard InChI is InChI=1S/C24H18Cl2N2O5S/c1-3-33-23(32)21-12(2)27-24(34-21)28-18(14-5-4-6-16(26)11-14)17(20(30)22(28)31)19(29)13-7-9-15(25)10-8-13/h4-11,18,29H,3H2,1-2H3/b19-17+. The lowest BCUT2D eigenvalue weighted by Gasteiger charge is -2.23. The molecule has 0 aliphatic carbocycles. The van der Waals surface area contributed by atoms with Crippen LogP contribution in [0.3, 0.4) is 0 Å². The fourth-order valence-corrected chi connectivity index (χ4v) is 4.97. The van der Waals surface area contributed by atoms with Crippen molar-refractivity contribution in [1.29, 1.82) is 0 Å². The van der Waals surface area contributed by atoms with Crippen molar-refractivity contribution in [2.24, 2.45) is 0 Å². The monoisotopic (exact) mass is 516 g/mol. The molecule has 0 bridgehead atoms. The zero-order chi connectivity index (χ0) is 24.6. The van der Waals surface area contributed by atoms with Gasteiger partial charge in [0, 0.05) is 15.6 Å². The number of carbonyl (C=O) groups is 3. The van der Waals surface area contributed by atoms with Crippen LogP contribution in [0, 0.1) is 6.92 Å². The molecule has 1 amide bonds. The van der Waals surface area contributed by atoms with Gasteiger partial charge in [-0.25, -0.2) is 9.78 Å². The number of benzene rings is 2. The predicted octanol–water partition coefficient (Wildman–Crippen LogP) is 5.56. The number of esters is 1. The lowest BCUT2D eigenvalue weighted by molar-refractivity contribution is -0.132. The number of thiazole rings is 1. The second-order valence-corrected chi connectivity index (χ2v) is 9.21. The molecule has 0 radical (unpaired) electrons. The Bertz CT molecular complexity index is 1330. The molecular formula is C24H18Cl2N2O5S. The van der Waals surface area contributed by atoms with Gasteiger partial charge in [0.25, 0.3) is 5.78 Å². The molecule has 1 saturated heterocycles. The van der Waals surface area contributed by atoms with Crippen LogP contribution in [0.2, 0.25) is 10.0 Å². The van der Waals surface area contributed by atoms with Crippen molar-refractivity contribution in [3.63, 3.8) is 0 Å². The summed E-state index contributed by atoms with van der Waals surface area (Å²) in [7, 11) is 0. The maximum atomic E-state index is 13.2. The maximum Gasteiger partial charge on any atom is 0.350 e. The highest BCUT2D eigenvalue weighted by Crippen LogP contribution is 2.44. The number of ether oxygens (including phenoxy) is 1. The Morgan fingerprint density at radius 1 is 1.15 bits per heavy atom. The smallest absolute Gasteiger partial charge is 0.350 e. The van der Waals surface area contributed by atoms with Crippen molar-refractivity contribution in [2.75, 3.05) is 11.5 Å². The fourth-order valence-electron chi connectivity index (χ4n) is 3.66. The van der Waals surface area contributed by atoms with E-state index in [0.717, 1.165) is 11.3 Å². The van der Waals surface area contributed by atoms with Gasteiger partial charge in [0.1, 0.15) is 10.6 Å². The van der Waals surface area contributed by atoms with Gasteiger partial charge in [0.2, 0.25) is 0 Å². The summed E-state index contributed by atoms with van der Waals surface area (Å²) >= 11 is 13.1. The summed E-state index contributed by atoms with van der Waals surface area (Å²) in [6, 6.07) is 11.8. The van der Waals surface area contributed by atoms with Crippen LogP contribution in [0.25, 0.3) is 5.76 Å². The zero-order valence-electron chi connectivity index (χ0n) is 18.0.